The zero-order valence-corrected chi connectivity index (χ0v) is 21.6. The number of nitrogens with zero attached hydrogens (tertiary/aromatic N) is 4. The lowest BCUT2D eigenvalue weighted by Gasteiger charge is -2.30. The summed E-state index contributed by atoms with van der Waals surface area (Å²) in [6.07, 6.45) is -0.368. The number of carbonyl (C=O) groups excluding carboxylic acids is 1. The molecular weight excluding hydrogens is 509 g/mol. The molecule has 0 spiro atoms. The van der Waals surface area contributed by atoms with Crippen LogP contribution in [0.25, 0.3) is 22.0 Å². The van der Waals surface area contributed by atoms with Gasteiger partial charge in [-0.3, -0.25) is 14.6 Å². The van der Waals surface area contributed by atoms with Crippen molar-refractivity contribution < 1.29 is 23.1 Å². The van der Waals surface area contributed by atoms with Gasteiger partial charge in [-0.2, -0.15) is 18.3 Å². The number of fused-ring (bicyclic) bond motifs is 1. The minimum absolute atomic E-state index is 0.0408. The van der Waals surface area contributed by atoms with Crippen molar-refractivity contribution in [3.8, 4) is 11.1 Å². The fraction of sp³-hybridized carbons (Fsp3) is 0.321. The van der Waals surface area contributed by atoms with Crippen LogP contribution < -0.4 is 10.6 Å². The summed E-state index contributed by atoms with van der Waals surface area (Å²) in [6.45, 7) is 3.13. The number of aryl methyl sites for hydroxylation is 2. The van der Waals surface area contributed by atoms with E-state index >= 15 is 0 Å². The molecule has 0 saturated carbocycles. The zero-order valence-electron chi connectivity index (χ0n) is 21.6. The zero-order chi connectivity index (χ0) is 27.7. The molecule has 39 heavy (non-hydrogen) atoms. The van der Waals surface area contributed by atoms with Crippen molar-refractivity contribution >= 4 is 28.3 Å². The Labute approximate surface area is 223 Å². The fourth-order valence-electron chi connectivity index (χ4n) is 5.02. The minimum atomic E-state index is -4.57. The normalized spacial score (nSPS) is 15.0. The number of likely N-dealkylation sites (tertiary alicyclic amines) is 1. The van der Waals surface area contributed by atoms with Gasteiger partial charge in [-0.25, -0.2) is 4.79 Å². The number of piperidine rings is 1. The summed E-state index contributed by atoms with van der Waals surface area (Å²) in [5.74, 6) is 0. The summed E-state index contributed by atoms with van der Waals surface area (Å²) in [7, 11) is 1.86. The molecule has 0 bridgehead atoms. The molecule has 1 fully saturated rings. The Kier molecular flexibility index (Phi) is 7.28. The van der Waals surface area contributed by atoms with E-state index in [2.05, 4.69) is 20.7 Å². The van der Waals surface area contributed by atoms with Gasteiger partial charge in [-0.1, -0.05) is 18.2 Å². The molecule has 1 aliphatic rings. The second-order valence-corrected chi connectivity index (χ2v) is 9.82. The topological polar surface area (TPSA) is 95.3 Å². The molecule has 2 aromatic heterocycles. The van der Waals surface area contributed by atoms with Gasteiger partial charge in [0.15, 0.2) is 0 Å². The highest BCUT2D eigenvalue weighted by atomic mass is 19.4. The van der Waals surface area contributed by atoms with Crippen LogP contribution in [-0.4, -0.2) is 50.0 Å². The summed E-state index contributed by atoms with van der Waals surface area (Å²) >= 11 is 0. The number of aliphatic hydroxyl groups excluding tert-OH is 1. The van der Waals surface area contributed by atoms with E-state index in [9.17, 15) is 23.1 Å². The van der Waals surface area contributed by atoms with E-state index in [1.807, 2.05) is 31.0 Å². The standard InChI is InChI=1S/C28H29F3N6O2/c1-17-26-23(14-32-15-25(26)36(2)35-17)18-3-6-20(7-4-18)33-27(39)34-21-8-5-19(24(13-21)28(29,30)31)16-37-11-9-22(38)10-12-37/h3-8,13-15,22,38H,9-12,16H2,1-2H3,(H2,33,34,39). The number of alkyl halides is 3. The van der Waals surface area contributed by atoms with Gasteiger partial charge < -0.3 is 15.7 Å². The maximum absolute atomic E-state index is 13.8. The summed E-state index contributed by atoms with van der Waals surface area (Å²) in [6, 6.07) is 10.3. The van der Waals surface area contributed by atoms with Crippen molar-refractivity contribution in [2.45, 2.75) is 38.6 Å². The average molecular weight is 539 g/mol. The Hall–Kier alpha value is -3.96. The van der Waals surface area contributed by atoms with Crippen molar-refractivity contribution in [1.29, 1.82) is 0 Å². The molecule has 0 aliphatic carbocycles. The summed E-state index contributed by atoms with van der Waals surface area (Å²) in [5, 5.41) is 20.3. The van der Waals surface area contributed by atoms with Crippen LogP contribution in [0.5, 0.6) is 0 Å². The monoisotopic (exact) mass is 538 g/mol. The number of nitrogens with one attached hydrogen (secondary N) is 2. The Balaban J connectivity index is 1.28. The number of hydrogen-bond acceptors (Lipinski definition) is 5. The third kappa shape index (κ3) is 5.89. The van der Waals surface area contributed by atoms with Gasteiger partial charge in [0.1, 0.15) is 0 Å². The van der Waals surface area contributed by atoms with Crippen LogP contribution in [0.4, 0.5) is 29.3 Å². The molecule has 2 aromatic carbocycles. The van der Waals surface area contributed by atoms with E-state index < -0.39 is 23.9 Å². The SMILES string of the molecule is Cc1nn(C)c2cncc(-c3ccc(NC(=O)Nc4ccc(CN5CCC(O)CC5)c(C(F)(F)F)c4)cc3)c12. The highest BCUT2D eigenvalue weighted by Crippen LogP contribution is 2.35. The van der Waals surface area contributed by atoms with Crippen molar-refractivity contribution in [3.05, 3.63) is 71.7 Å². The van der Waals surface area contributed by atoms with E-state index in [0.29, 0.717) is 31.6 Å². The lowest BCUT2D eigenvalue weighted by Crippen LogP contribution is -2.35. The fourth-order valence-corrected chi connectivity index (χ4v) is 5.02. The first-order chi connectivity index (χ1) is 18.6. The second kappa shape index (κ2) is 10.7. The molecule has 4 aromatic rings. The van der Waals surface area contributed by atoms with Gasteiger partial charge in [0.05, 0.1) is 29.1 Å². The lowest BCUT2D eigenvalue weighted by atomic mass is 10.0. The van der Waals surface area contributed by atoms with Gasteiger partial charge in [-0.05, 0) is 55.2 Å². The van der Waals surface area contributed by atoms with Crippen molar-refractivity contribution in [1.82, 2.24) is 19.7 Å². The number of halogens is 3. The maximum Gasteiger partial charge on any atom is 0.416 e. The highest BCUT2D eigenvalue weighted by Gasteiger charge is 2.34. The third-order valence-corrected chi connectivity index (χ3v) is 7.01. The predicted octanol–water partition coefficient (Wildman–Crippen LogP) is 5.56. The number of urea groups is 1. The summed E-state index contributed by atoms with van der Waals surface area (Å²) in [4.78, 5) is 18.8. The number of aromatic nitrogens is 3. The number of benzene rings is 2. The van der Waals surface area contributed by atoms with Crippen LogP contribution in [0, 0.1) is 6.92 Å². The Morgan fingerprint density at radius 3 is 2.41 bits per heavy atom. The first-order valence-corrected chi connectivity index (χ1v) is 12.6. The molecule has 1 aliphatic heterocycles. The van der Waals surface area contributed by atoms with E-state index in [4.69, 9.17) is 0 Å². The third-order valence-electron chi connectivity index (χ3n) is 7.01. The van der Waals surface area contributed by atoms with Crippen molar-refractivity contribution in [3.63, 3.8) is 0 Å². The molecule has 3 N–H and O–H groups in total. The predicted molar refractivity (Wildman–Crippen MR) is 143 cm³/mol. The van der Waals surface area contributed by atoms with Crippen molar-refractivity contribution in [2.75, 3.05) is 23.7 Å². The number of carbonyl (C=O) groups is 1. The number of aliphatic hydroxyl groups is 1. The van der Waals surface area contributed by atoms with E-state index in [0.717, 1.165) is 33.8 Å². The van der Waals surface area contributed by atoms with E-state index in [-0.39, 0.29) is 17.8 Å². The van der Waals surface area contributed by atoms with Crippen LogP contribution in [0.3, 0.4) is 0 Å². The number of hydrogen-bond donors (Lipinski definition) is 3. The molecule has 3 heterocycles. The van der Waals surface area contributed by atoms with Gasteiger partial charge in [0.2, 0.25) is 0 Å². The van der Waals surface area contributed by atoms with Gasteiger partial charge >= 0.3 is 12.2 Å². The maximum atomic E-state index is 13.8. The molecule has 1 saturated heterocycles. The van der Waals surface area contributed by atoms with Gasteiger partial charge in [0, 0.05) is 55.2 Å². The quantitative estimate of drug-likeness (QED) is 0.309. The number of rotatable bonds is 5. The Morgan fingerprint density at radius 2 is 1.72 bits per heavy atom. The molecule has 204 valence electrons. The molecule has 11 heteroatoms. The Bertz CT molecular complexity index is 1490. The number of anilines is 2. The van der Waals surface area contributed by atoms with E-state index in [1.165, 1.54) is 12.1 Å². The van der Waals surface area contributed by atoms with Crippen molar-refractivity contribution in [2.24, 2.45) is 7.05 Å². The molecular formula is C28H29F3N6O2. The number of pyridine rings is 1. The second-order valence-electron chi connectivity index (χ2n) is 9.82. The number of amides is 2. The summed E-state index contributed by atoms with van der Waals surface area (Å²) < 4.78 is 43.3. The minimum Gasteiger partial charge on any atom is -0.393 e. The van der Waals surface area contributed by atoms with Crippen LogP contribution in [0.15, 0.2) is 54.9 Å². The van der Waals surface area contributed by atoms with Crippen LogP contribution in [0.1, 0.15) is 29.7 Å². The van der Waals surface area contributed by atoms with Gasteiger partial charge in [-0.15, -0.1) is 0 Å². The molecule has 0 unspecified atom stereocenters. The van der Waals surface area contributed by atoms with Crippen LogP contribution in [0.2, 0.25) is 0 Å². The summed E-state index contributed by atoms with van der Waals surface area (Å²) in [5.41, 5.74) is 3.46. The molecule has 8 nitrogen and oxygen atoms in total. The largest absolute Gasteiger partial charge is 0.416 e. The first-order valence-electron chi connectivity index (χ1n) is 12.6. The average Bonchev–Trinajstić information content (AvgIpc) is 3.19. The molecule has 2 amide bonds. The van der Waals surface area contributed by atoms with Crippen LogP contribution >= 0.6 is 0 Å². The highest BCUT2D eigenvalue weighted by molar-refractivity contribution is 6.00. The van der Waals surface area contributed by atoms with Gasteiger partial charge in [0.25, 0.3) is 0 Å². The lowest BCUT2D eigenvalue weighted by molar-refractivity contribution is -0.138. The molecule has 0 atom stereocenters. The Morgan fingerprint density at radius 1 is 1.05 bits per heavy atom. The van der Waals surface area contributed by atoms with E-state index in [1.54, 1.807) is 29.2 Å². The van der Waals surface area contributed by atoms with Crippen LogP contribution in [-0.2, 0) is 19.8 Å². The molecule has 0 radical (unpaired) electrons. The first kappa shape index (κ1) is 26.6. The smallest absolute Gasteiger partial charge is 0.393 e. The molecule has 5 rings (SSSR count).